The van der Waals surface area contributed by atoms with E-state index in [1.807, 2.05) is 0 Å². The van der Waals surface area contributed by atoms with Gasteiger partial charge < -0.3 is 9.73 Å². The number of hydrogen-bond donors (Lipinski definition) is 2. The van der Waals surface area contributed by atoms with Crippen molar-refractivity contribution in [2.75, 3.05) is 5.32 Å². The molecular weight excluding hydrogens is 418 g/mol. The second-order valence-corrected chi connectivity index (χ2v) is 5.81. The van der Waals surface area contributed by atoms with Gasteiger partial charge in [-0.15, -0.1) is 0 Å². The zero-order chi connectivity index (χ0) is 16.1. The molecule has 2 rings (SSSR count). The summed E-state index contributed by atoms with van der Waals surface area (Å²) in [6.45, 7) is 1.40. The van der Waals surface area contributed by atoms with Gasteiger partial charge in [0, 0.05) is 24.2 Å². The van der Waals surface area contributed by atoms with Crippen molar-refractivity contribution in [2.24, 2.45) is 5.10 Å². The Morgan fingerprint density at radius 2 is 2.05 bits per heavy atom. The van der Waals surface area contributed by atoms with Gasteiger partial charge in [0.25, 0.3) is 5.91 Å². The molecule has 0 radical (unpaired) electrons. The third kappa shape index (κ3) is 4.54. The van der Waals surface area contributed by atoms with E-state index in [9.17, 15) is 9.59 Å². The molecule has 1 aromatic carbocycles. The van der Waals surface area contributed by atoms with Crippen LogP contribution in [0.1, 0.15) is 23.0 Å². The van der Waals surface area contributed by atoms with Crippen LogP contribution < -0.4 is 10.7 Å². The first-order valence-corrected chi connectivity index (χ1v) is 7.70. The molecule has 2 aromatic rings. The number of nitrogens with one attached hydrogen (secondary N) is 2. The van der Waals surface area contributed by atoms with Crippen molar-refractivity contribution in [3.63, 3.8) is 0 Å². The number of furan rings is 1. The van der Waals surface area contributed by atoms with E-state index in [1.54, 1.807) is 30.3 Å². The molecule has 1 heterocycles. The number of carbonyl (C=O) groups is 2. The maximum atomic E-state index is 12.0. The molecule has 0 bridgehead atoms. The minimum absolute atomic E-state index is 0.204. The molecule has 0 unspecified atom stereocenters. The van der Waals surface area contributed by atoms with Crippen molar-refractivity contribution in [1.29, 1.82) is 0 Å². The van der Waals surface area contributed by atoms with Crippen LogP contribution in [-0.2, 0) is 4.79 Å². The van der Waals surface area contributed by atoms with Gasteiger partial charge in [-0.1, -0.05) is 6.07 Å². The summed E-state index contributed by atoms with van der Waals surface area (Å²) in [4.78, 5) is 23.0. The number of hydrazone groups is 1. The van der Waals surface area contributed by atoms with Crippen molar-refractivity contribution in [3.8, 4) is 0 Å². The zero-order valence-corrected chi connectivity index (χ0v) is 14.6. The number of anilines is 1. The molecule has 2 amide bonds. The Bertz CT molecular complexity index is 721. The van der Waals surface area contributed by atoms with E-state index in [0.29, 0.717) is 21.7 Å². The highest BCUT2D eigenvalue weighted by atomic mass is 79.9. The van der Waals surface area contributed by atoms with Gasteiger partial charge >= 0.3 is 0 Å². The SMILES string of the molecule is CC(=O)Nc1cccc(C(=O)NN=Cc2cc(Br)c(Br)o2)c1. The molecule has 22 heavy (non-hydrogen) atoms. The maximum absolute atomic E-state index is 12.0. The highest BCUT2D eigenvalue weighted by Gasteiger charge is 2.07. The van der Waals surface area contributed by atoms with E-state index in [2.05, 4.69) is 47.7 Å². The number of amides is 2. The number of halogens is 2. The summed E-state index contributed by atoms with van der Waals surface area (Å²) in [7, 11) is 0. The van der Waals surface area contributed by atoms with Crippen LogP contribution >= 0.6 is 31.9 Å². The van der Waals surface area contributed by atoms with Gasteiger partial charge in [0.15, 0.2) is 4.67 Å². The molecule has 0 saturated carbocycles. The second-order valence-electron chi connectivity index (χ2n) is 4.23. The lowest BCUT2D eigenvalue weighted by molar-refractivity contribution is -0.114. The second kappa shape index (κ2) is 7.37. The lowest BCUT2D eigenvalue weighted by Crippen LogP contribution is -2.18. The number of carbonyl (C=O) groups excluding carboxylic acids is 2. The highest BCUT2D eigenvalue weighted by Crippen LogP contribution is 2.25. The van der Waals surface area contributed by atoms with Crippen molar-refractivity contribution in [1.82, 2.24) is 5.43 Å². The molecular formula is C14H11Br2N3O3. The normalized spacial score (nSPS) is 10.7. The number of benzene rings is 1. The molecule has 8 heteroatoms. The van der Waals surface area contributed by atoms with E-state index in [-0.39, 0.29) is 5.91 Å². The fraction of sp³-hybridized carbons (Fsp3) is 0.0714. The van der Waals surface area contributed by atoms with Gasteiger partial charge in [-0.3, -0.25) is 9.59 Å². The topological polar surface area (TPSA) is 83.7 Å². The fourth-order valence-electron chi connectivity index (χ4n) is 1.59. The molecule has 0 aliphatic rings. The Labute approximate surface area is 143 Å². The van der Waals surface area contributed by atoms with Gasteiger partial charge in [0.05, 0.1) is 10.7 Å². The first kappa shape index (κ1) is 16.4. The molecule has 0 spiro atoms. The van der Waals surface area contributed by atoms with E-state index >= 15 is 0 Å². The summed E-state index contributed by atoms with van der Waals surface area (Å²) in [5, 5.41) is 6.42. The van der Waals surface area contributed by atoms with Gasteiger partial charge in [-0.25, -0.2) is 5.43 Å². The van der Waals surface area contributed by atoms with Crippen molar-refractivity contribution in [3.05, 3.63) is 50.8 Å². The van der Waals surface area contributed by atoms with Crippen LogP contribution in [0.3, 0.4) is 0 Å². The Balaban J connectivity index is 2.01. The van der Waals surface area contributed by atoms with Crippen LogP contribution in [-0.4, -0.2) is 18.0 Å². The number of rotatable bonds is 4. The Morgan fingerprint density at radius 1 is 1.27 bits per heavy atom. The molecule has 2 N–H and O–H groups in total. The van der Waals surface area contributed by atoms with Gasteiger partial charge in [-0.2, -0.15) is 5.10 Å². The average Bonchev–Trinajstić information content (AvgIpc) is 2.77. The lowest BCUT2D eigenvalue weighted by atomic mass is 10.2. The highest BCUT2D eigenvalue weighted by molar-refractivity contribution is 9.13. The fourth-order valence-corrected chi connectivity index (χ4v) is 2.20. The van der Waals surface area contributed by atoms with Crippen LogP contribution in [0.4, 0.5) is 5.69 Å². The van der Waals surface area contributed by atoms with Crippen molar-refractivity contribution in [2.45, 2.75) is 6.92 Å². The summed E-state index contributed by atoms with van der Waals surface area (Å²) >= 11 is 6.48. The smallest absolute Gasteiger partial charge is 0.271 e. The molecule has 114 valence electrons. The van der Waals surface area contributed by atoms with Gasteiger partial charge in [-0.05, 0) is 50.1 Å². The summed E-state index contributed by atoms with van der Waals surface area (Å²) in [6, 6.07) is 8.25. The molecule has 0 saturated heterocycles. The van der Waals surface area contributed by atoms with Crippen LogP contribution in [0, 0.1) is 0 Å². The minimum Gasteiger partial charge on any atom is -0.447 e. The average molecular weight is 429 g/mol. The van der Waals surface area contributed by atoms with E-state index in [1.165, 1.54) is 13.1 Å². The van der Waals surface area contributed by atoms with Gasteiger partial charge in [0.2, 0.25) is 5.91 Å². The van der Waals surface area contributed by atoms with E-state index in [0.717, 1.165) is 4.47 Å². The first-order valence-electron chi connectivity index (χ1n) is 6.11. The third-order valence-electron chi connectivity index (χ3n) is 2.47. The minimum atomic E-state index is -0.395. The monoisotopic (exact) mass is 427 g/mol. The van der Waals surface area contributed by atoms with Crippen LogP contribution in [0.2, 0.25) is 0 Å². The largest absolute Gasteiger partial charge is 0.447 e. The Kier molecular flexibility index (Phi) is 5.51. The number of hydrogen-bond acceptors (Lipinski definition) is 4. The Morgan fingerprint density at radius 3 is 2.68 bits per heavy atom. The standard InChI is InChI=1S/C14H11Br2N3O3/c1-8(20)18-10-4-2-3-9(5-10)14(21)19-17-7-11-6-12(15)13(16)22-11/h2-7H,1H3,(H,18,20)(H,19,21). The lowest BCUT2D eigenvalue weighted by Gasteiger charge is -2.04. The summed E-state index contributed by atoms with van der Waals surface area (Å²) < 4.78 is 6.58. The Hall–Kier alpha value is -1.93. The summed E-state index contributed by atoms with van der Waals surface area (Å²) in [5.74, 6) is -0.122. The third-order valence-corrected chi connectivity index (χ3v) is 4.18. The molecule has 6 nitrogen and oxygen atoms in total. The first-order chi connectivity index (χ1) is 10.5. The molecule has 1 aromatic heterocycles. The summed E-state index contributed by atoms with van der Waals surface area (Å²) in [5.41, 5.74) is 3.31. The molecule has 0 fully saturated rings. The zero-order valence-electron chi connectivity index (χ0n) is 11.4. The van der Waals surface area contributed by atoms with Crippen LogP contribution in [0.15, 0.2) is 49.0 Å². The maximum Gasteiger partial charge on any atom is 0.271 e. The van der Waals surface area contributed by atoms with Gasteiger partial charge in [0.1, 0.15) is 5.76 Å². The van der Waals surface area contributed by atoms with Crippen molar-refractivity contribution < 1.29 is 14.0 Å². The van der Waals surface area contributed by atoms with E-state index < -0.39 is 5.91 Å². The summed E-state index contributed by atoms with van der Waals surface area (Å²) in [6.07, 6.45) is 1.38. The quantitative estimate of drug-likeness (QED) is 0.577. The predicted octanol–water partition coefficient (Wildman–Crippen LogP) is 3.53. The van der Waals surface area contributed by atoms with E-state index in [4.69, 9.17) is 4.42 Å². The molecule has 0 aliphatic carbocycles. The number of nitrogens with zero attached hydrogens (tertiary/aromatic N) is 1. The van der Waals surface area contributed by atoms with Crippen molar-refractivity contribution >= 4 is 55.6 Å². The van der Waals surface area contributed by atoms with Crippen LogP contribution in [0.5, 0.6) is 0 Å². The predicted molar refractivity (Wildman–Crippen MR) is 89.9 cm³/mol. The van der Waals surface area contributed by atoms with Crippen LogP contribution in [0.25, 0.3) is 0 Å². The molecule has 0 atom stereocenters. The molecule has 0 aliphatic heterocycles.